The highest BCUT2D eigenvalue weighted by Crippen LogP contribution is 2.44. The number of nitrogens with one attached hydrogen (secondary N) is 1. The lowest BCUT2D eigenvalue weighted by Gasteiger charge is -2.39. The van der Waals surface area contributed by atoms with Crippen molar-refractivity contribution in [3.63, 3.8) is 0 Å². The molecule has 34 heavy (non-hydrogen) atoms. The fourth-order valence-electron chi connectivity index (χ4n) is 6.24. The number of fused-ring (bicyclic) bond motifs is 1. The molecule has 1 amide bonds. The zero-order chi connectivity index (χ0) is 24.0. The Balaban J connectivity index is 1.33. The minimum atomic E-state index is -0.199. The molecule has 2 fully saturated rings. The number of piperazine rings is 1. The molecule has 1 N–H and O–H groups in total. The normalized spacial score (nSPS) is 27.0. The van der Waals surface area contributed by atoms with Gasteiger partial charge in [-0.1, -0.05) is 37.6 Å². The van der Waals surface area contributed by atoms with Crippen LogP contribution in [0.5, 0.6) is 0 Å². The van der Waals surface area contributed by atoms with Crippen LogP contribution in [0.25, 0.3) is 0 Å². The summed E-state index contributed by atoms with van der Waals surface area (Å²) in [5.41, 5.74) is 3.61. The molecule has 2 saturated heterocycles. The zero-order valence-corrected chi connectivity index (χ0v) is 21.5. The topological polar surface area (TPSA) is 61.4 Å². The Morgan fingerprint density at radius 1 is 1.09 bits per heavy atom. The Morgan fingerprint density at radius 2 is 1.79 bits per heavy atom. The van der Waals surface area contributed by atoms with Gasteiger partial charge in [-0.25, -0.2) is 9.97 Å². The van der Waals surface area contributed by atoms with Crippen molar-refractivity contribution in [2.24, 2.45) is 0 Å². The van der Waals surface area contributed by atoms with Crippen LogP contribution in [-0.4, -0.2) is 58.5 Å². The third-order valence-corrected chi connectivity index (χ3v) is 8.26. The van der Waals surface area contributed by atoms with Crippen molar-refractivity contribution in [1.29, 1.82) is 0 Å². The first kappa shape index (κ1) is 23.6. The minimum absolute atomic E-state index is 0.0511. The van der Waals surface area contributed by atoms with E-state index >= 15 is 0 Å². The molecule has 0 saturated carbocycles. The number of carbonyl (C=O) groups excluding carboxylic acids is 1. The number of carbonyl (C=O) groups is 1. The van der Waals surface area contributed by atoms with Gasteiger partial charge in [-0.15, -0.1) is 0 Å². The Bertz CT molecular complexity index is 1050. The summed E-state index contributed by atoms with van der Waals surface area (Å²) in [5.74, 6) is 2.05. The molecule has 6 nitrogen and oxygen atoms in total. The van der Waals surface area contributed by atoms with Crippen LogP contribution in [0.2, 0.25) is 5.02 Å². The van der Waals surface area contributed by atoms with Crippen LogP contribution < -0.4 is 10.2 Å². The second-order valence-corrected chi connectivity index (χ2v) is 11.5. The fraction of sp³-hybridized carbons (Fsp3) is 0.593. The lowest BCUT2D eigenvalue weighted by atomic mass is 9.88. The second-order valence-electron chi connectivity index (χ2n) is 11.0. The molecule has 0 bridgehead atoms. The molecule has 1 aromatic heterocycles. The number of nitrogens with zero attached hydrogens (tertiary/aromatic N) is 4. The molecule has 2 aliphatic heterocycles. The molecule has 7 heteroatoms. The zero-order valence-electron chi connectivity index (χ0n) is 20.7. The van der Waals surface area contributed by atoms with E-state index in [0.717, 1.165) is 43.7 Å². The van der Waals surface area contributed by atoms with Crippen LogP contribution in [0.15, 0.2) is 30.6 Å². The molecule has 1 aromatic carbocycles. The van der Waals surface area contributed by atoms with Crippen LogP contribution >= 0.6 is 11.6 Å². The van der Waals surface area contributed by atoms with E-state index in [2.05, 4.69) is 52.8 Å². The van der Waals surface area contributed by atoms with Crippen molar-refractivity contribution in [2.75, 3.05) is 31.1 Å². The van der Waals surface area contributed by atoms with Gasteiger partial charge in [-0.2, -0.15) is 0 Å². The number of halogens is 1. The molecule has 2 aromatic rings. The van der Waals surface area contributed by atoms with Crippen LogP contribution in [0.3, 0.4) is 0 Å². The fourth-order valence-corrected chi connectivity index (χ4v) is 6.37. The standard InChI is InChI=1S/C27H36ClN5O/c1-17-15-18(2)24-22(17)25(30-16-29-24)32-11-13-33(14-12-32)26(34)23(19-5-7-20(28)8-6-19)21-9-10-27(3,4)31-21/h5-8,16-18,21,23,31H,9-15H2,1-4H3/t17?,18-,21-,23?/m0/s1. The maximum atomic E-state index is 13.9. The highest BCUT2D eigenvalue weighted by molar-refractivity contribution is 6.30. The maximum Gasteiger partial charge on any atom is 0.231 e. The van der Waals surface area contributed by atoms with E-state index in [1.807, 2.05) is 24.3 Å². The van der Waals surface area contributed by atoms with Gasteiger partial charge in [0.1, 0.15) is 12.1 Å². The van der Waals surface area contributed by atoms with Crippen molar-refractivity contribution in [3.05, 3.63) is 52.4 Å². The number of anilines is 1. The van der Waals surface area contributed by atoms with Crippen molar-refractivity contribution < 1.29 is 4.79 Å². The lowest BCUT2D eigenvalue weighted by molar-refractivity contribution is -0.133. The van der Waals surface area contributed by atoms with Gasteiger partial charge in [0.2, 0.25) is 5.91 Å². The van der Waals surface area contributed by atoms with E-state index in [9.17, 15) is 4.79 Å². The number of rotatable bonds is 4. The monoisotopic (exact) mass is 481 g/mol. The number of hydrogen-bond acceptors (Lipinski definition) is 5. The molecule has 182 valence electrons. The summed E-state index contributed by atoms with van der Waals surface area (Å²) in [6.45, 7) is 12.0. The predicted octanol–water partition coefficient (Wildman–Crippen LogP) is 4.70. The average molecular weight is 482 g/mol. The van der Waals surface area contributed by atoms with Gasteiger partial charge < -0.3 is 15.1 Å². The maximum absolute atomic E-state index is 13.9. The van der Waals surface area contributed by atoms with Gasteiger partial charge in [0, 0.05) is 48.3 Å². The van der Waals surface area contributed by atoms with E-state index in [-0.39, 0.29) is 23.4 Å². The summed E-state index contributed by atoms with van der Waals surface area (Å²) in [4.78, 5) is 27.6. The van der Waals surface area contributed by atoms with Crippen molar-refractivity contribution in [3.8, 4) is 0 Å². The van der Waals surface area contributed by atoms with Crippen LogP contribution in [0, 0.1) is 0 Å². The van der Waals surface area contributed by atoms with E-state index in [1.165, 1.54) is 11.3 Å². The van der Waals surface area contributed by atoms with Gasteiger partial charge in [-0.3, -0.25) is 4.79 Å². The molecular weight excluding hydrogens is 446 g/mol. The van der Waals surface area contributed by atoms with E-state index in [1.54, 1.807) is 6.33 Å². The van der Waals surface area contributed by atoms with E-state index in [4.69, 9.17) is 11.6 Å². The Morgan fingerprint density at radius 3 is 2.44 bits per heavy atom. The van der Waals surface area contributed by atoms with Crippen LogP contribution in [0.4, 0.5) is 5.82 Å². The largest absolute Gasteiger partial charge is 0.353 e. The van der Waals surface area contributed by atoms with Gasteiger partial charge in [-0.05, 0) is 62.6 Å². The first-order valence-electron chi connectivity index (χ1n) is 12.6. The Hall–Kier alpha value is -2.18. The summed E-state index contributed by atoms with van der Waals surface area (Å²) in [7, 11) is 0. The highest BCUT2D eigenvalue weighted by atomic mass is 35.5. The lowest BCUT2D eigenvalue weighted by Crippen LogP contribution is -2.53. The third kappa shape index (κ3) is 4.42. The first-order chi connectivity index (χ1) is 16.2. The number of amides is 1. The SMILES string of the molecule is CC1C[C@H](C)c2ncnc(N3CCN(C(=O)C(c4ccc(Cl)cc4)[C@@H]4CCC(C)(C)N4)CC3)c21. The Kier molecular flexibility index (Phi) is 6.32. The first-order valence-corrected chi connectivity index (χ1v) is 13.0. The molecule has 5 rings (SSSR count). The molecular formula is C27H36ClN5O. The second kappa shape index (κ2) is 9.12. The van der Waals surface area contributed by atoms with Crippen LogP contribution in [-0.2, 0) is 4.79 Å². The Labute approximate surface area is 208 Å². The molecule has 3 aliphatic rings. The summed E-state index contributed by atoms with van der Waals surface area (Å²) in [5, 5.41) is 4.43. The van der Waals surface area contributed by atoms with E-state index < -0.39 is 0 Å². The highest BCUT2D eigenvalue weighted by Gasteiger charge is 2.41. The van der Waals surface area contributed by atoms with Crippen molar-refractivity contribution in [1.82, 2.24) is 20.2 Å². The quantitative estimate of drug-likeness (QED) is 0.685. The number of aromatic nitrogens is 2. The molecule has 2 unspecified atom stereocenters. The summed E-state index contributed by atoms with van der Waals surface area (Å²) in [6.07, 6.45) is 4.91. The van der Waals surface area contributed by atoms with E-state index in [0.29, 0.717) is 29.9 Å². The van der Waals surface area contributed by atoms with Gasteiger partial charge >= 0.3 is 0 Å². The van der Waals surface area contributed by atoms with Crippen LogP contribution in [0.1, 0.15) is 81.5 Å². The number of benzene rings is 1. The summed E-state index contributed by atoms with van der Waals surface area (Å²) < 4.78 is 0. The predicted molar refractivity (Wildman–Crippen MR) is 137 cm³/mol. The van der Waals surface area contributed by atoms with Crippen molar-refractivity contribution >= 4 is 23.3 Å². The summed E-state index contributed by atoms with van der Waals surface area (Å²) in [6, 6.07) is 7.95. The minimum Gasteiger partial charge on any atom is -0.353 e. The molecule has 3 heterocycles. The molecule has 1 aliphatic carbocycles. The molecule has 4 atom stereocenters. The third-order valence-electron chi connectivity index (χ3n) is 8.01. The molecule has 0 spiro atoms. The van der Waals surface area contributed by atoms with Gasteiger partial charge in [0.05, 0.1) is 11.6 Å². The molecule has 0 radical (unpaired) electrons. The number of hydrogen-bond donors (Lipinski definition) is 1. The summed E-state index contributed by atoms with van der Waals surface area (Å²) >= 11 is 6.16. The van der Waals surface area contributed by atoms with Gasteiger partial charge in [0.15, 0.2) is 0 Å². The smallest absolute Gasteiger partial charge is 0.231 e. The van der Waals surface area contributed by atoms with Crippen molar-refractivity contribution in [2.45, 2.75) is 76.3 Å². The average Bonchev–Trinajstić information content (AvgIpc) is 3.33. The van der Waals surface area contributed by atoms with Gasteiger partial charge in [0.25, 0.3) is 0 Å².